The van der Waals surface area contributed by atoms with Crippen LogP contribution in [0.3, 0.4) is 0 Å². The fraction of sp³-hybridized carbons (Fsp3) is 0.133. The monoisotopic (exact) mass is 475 g/mol. The summed E-state index contributed by atoms with van der Waals surface area (Å²) in [5.41, 5.74) is 1.78. The molecule has 2 aromatic carbocycles. The van der Waals surface area contributed by atoms with Crippen LogP contribution in [0.2, 0.25) is 0 Å². The second kappa shape index (κ2) is 7.39. The summed E-state index contributed by atoms with van der Waals surface area (Å²) in [6, 6.07) is 10.1. The molecule has 0 aliphatic heterocycles. The first-order valence-corrected chi connectivity index (χ1v) is 8.61. The minimum absolute atomic E-state index is 0.0857. The summed E-state index contributed by atoms with van der Waals surface area (Å²) in [6.45, 7) is 0.0857. The van der Waals surface area contributed by atoms with E-state index >= 15 is 0 Å². The highest BCUT2D eigenvalue weighted by Gasteiger charge is 2.11. The minimum atomic E-state index is -0.446. The molecule has 2 aromatic rings. The molecule has 2 rings (SSSR count). The topological polar surface area (TPSA) is 33.0 Å². The maximum absolute atomic E-state index is 13.8. The highest BCUT2D eigenvalue weighted by atomic mass is 79.9. The Bertz CT molecular complexity index is 690. The lowest BCUT2D eigenvalue weighted by atomic mass is 10.1. The van der Waals surface area contributed by atoms with Gasteiger partial charge in [0.05, 0.1) is 20.6 Å². The van der Waals surface area contributed by atoms with Gasteiger partial charge in [-0.25, -0.2) is 4.39 Å². The predicted molar refractivity (Wildman–Crippen MR) is 89.9 cm³/mol. The molecule has 0 heterocycles. The molecule has 0 radical (unpaired) electrons. The quantitative estimate of drug-likeness (QED) is 0.529. The smallest absolute Gasteiger partial charge is 0.148 e. The SMILES string of the molecule is N#Cc1ccc(COc2c(Br)cc(CBr)cc2Br)c(F)c1. The van der Waals surface area contributed by atoms with Gasteiger partial charge in [0.1, 0.15) is 18.2 Å². The Hall–Kier alpha value is -0.900. The highest BCUT2D eigenvalue weighted by Crippen LogP contribution is 2.36. The summed E-state index contributed by atoms with van der Waals surface area (Å²) < 4.78 is 21.1. The molecule has 0 fully saturated rings. The molecule has 0 saturated carbocycles. The molecule has 0 atom stereocenters. The van der Waals surface area contributed by atoms with Gasteiger partial charge >= 0.3 is 0 Å². The van der Waals surface area contributed by atoms with Crippen molar-refractivity contribution in [3.05, 3.63) is 61.8 Å². The molecule has 0 aliphatic carbocycles. The molecule has 2 nitrogen and oxygen atoms in total. The summed E-state index contributed by atoms with van der Waals surface area (Å²) in [6.07, 6.45) is 0. The van der Waals surface area contributed by atoms with Crippen molar-refractivity contribution < 1.29 is 9.13 Å². The van der Waals surface area contributed by atoms with E-state index in [1.807, 2.05) is 18.2 Å². The molecule has 0 aliphatic rings. The van der Waals surface area contributed by atoms with Crippen molar-refractivity contribution in [2.24, 2.45) is 0 Å². The molecule has 0 amide bonds. The number of hydrogen-bond acceptors (Lipinski definition) is 2. The molecular weight excluding hydrogens is 469 g/mol. The fourth-order valence-corrected chi connectivity index (χ4v) is 3.55. The van der Waals surface area contributed by atoms with E-state index in [9.17, 15) is 4.39 Å². The van der Waals surface area contributed by atoms with Crippen LogP contribution >= 0.6 is 47.8 Å². The summed E-state index contributed by atoms with van der Waals surface area (Å²) >= 11 is 10.3. The standard InChI is InChI=1S/C15H9Br3FNO/c16-6-10-3-12(17)15(13(18)4-10)21-8-11-2-1-9(7-20)5-14(11)19/h1-5H,6,8H2. The van der Waals surface area contributed by atoms with E-state index in [2.05, 4.69) is 47.8 Å². The maximum atomic E-state index is 13.8. The van der Waals surface area contributed by atoms with Crippen LogP contribution in [0.25, 0.3) is 0 Å². The fourth-order valence-electron chi connectivity index (χ4n) is 1.71. The number of nitrogens with zero attached hydrogens (tertiary/aromatic N) is 1. The molecule has 108 valence electrons. The first-order chi connectivity index (χ1) is 10.0. The largest absolute Gasteiger partial charge is 0.486 e. The van der Waals surface area contributed by atoms with Gasteiger partial charge in [-0.3, -0.25) is 0 Å². The van der Waals surface area contributed by atoms with Gasteiger partial charge in [-0.2, -0.15) is 5.26 Å². The van der Waals surface area contributed by atoms with Crippen molar-refractivity contribution in [3.8, 4) is 11.8 Å². The molecule has 0 saturated heterocycles. The van der Waals surface area contributed by atoms with Gasteiger partial charge in [-0.05, 0) is 61.7 Å². The summed E-state index contributed by atoms with van der Waals surface area (Å²) in [5, 5.41) is 9.45. The second-order valence-corrected chi connectivity index (χ2v) is 6.50. The van der Waals surface area contributed by atoms with Gasteiger partial charge < -0.3 is 4.74 Å². The third kappa shape index (κ3) is 4.06. The van der Waals surface area contributed by atoms with E-state index in [4.69, 9.17) is 10.00 Å². The van der Waals surface area contributed by atoms with Crippen molar-refractivity contribution in [1.82, 2.24) is 0 Å². The third-order valence-corrected chi connectivity index (χ3v) is 4.59. The van der Waals surface area contributed by atoms with E-state index in [1.165, 1.54) is 6.07 Å². The minimum Gasteiger partial charge on any atom is -0.486 e. The van der Waals surface area contributed by atoms with Crippen LogP contribution in [0, 0.1) is 17.1 Å². The van der Waals surface area contributed by atoms with Crippen LogP contribution in [-0.4, -0.2) is 0 Å². The molecule has 6 heteroatoms. The van der Waals surface area contributed by atoms with Gasteiger partial charge in [0.2, 0.25) is 0 Å². The lowest BCUT2D eigenvalue weighted by Crippen LogP contribution is -2.00. The van der Waals surface area contributed by atoms with Crippen LogP contribution in [0.5, 0.6) is 5.75 Å². The number of hydrogen-bond donors (Lipinski definition) is 0. The van der Waals surface area contributed by atoms with Gasteiger partial charge in [0.25, 0.3) is 0 Å². The Morgan fingerprint density at radius 1 is 1.14 bits per heavy atom. The summed E-state index contributed by atoms with van der Waals surface area (Å²) in [7, 11) is 0. The lowest BCUT2D eigenvalue weighted by molar-refractivity contribution is 0.296. The molecule has 0 bridgehead atoms. The first kappa shape index (κ1) is 16.5. The number of nitriles is 1. The van der Waals surface area contributed by atoms with Crippen molar-refractivity contribution in [3.63, 3.8) is 0 Å². The number of rotatable bonds is 4. The normalized spacial score (nSPS) is 10.2. The van der Waals surface area contributed by atoms with Gasteiger partial charge in [-0.1, -0.05) is 22.0 Å². The van der Waals surface area contributed by atoms with Crippen molar-refractivity contribution in [2.75, 3.05) is 0 Å². The maximum Gasteiger partial charge on any atom is 0.148 e. The Kier molecular flexibility index (Phi) is 5.80. The molecule has 0 N–H and O–H groups in total. The third-order valence-electron chi connectivity index (χ3n) is 2.77. The number of ether oxygens (including phenoxy) is 1. The average molecular weight is 478 g/mol. The first-order valence-electron chi connectivity index (χ1n) is 5.90. The van der Waals surface area contributed by atoms with Crippen LogP contribution in [-0.2, 0) is 11.9 Å². The zero-order chi connectivity index (χ0) is 15.4. The number of benzene rings is 2. The second-order valence-electron chi connectivity index (χ2n) is 4.23. The van der Waals surface area contributed by atoms with Crippen molar-refractivity contribution in [1.29, 1.82) is 5.26 Å². The number of halogens is 4. The van der Waals surface area contributed by atoms with E-state index in [1.54, 1.807) is 12.1 Å². The van der Waals surface area contributed by atoms with E-state index < -0.39 is 5.82 Å². The van der Waals surface area contributed by atoms with Gasteiger partial charge in [0, 0.05) is 10.9 Å². The van der Waals surface area contributed by atoms with Crippen LogP contribution in [0.15, 0.2) is 39.3 Å². The van der Waals surface area contributed by atoms with E-state index in [0.717, 1.165) is 19.8 Å². The van der Waals surface area contributed by atoms with Gasteiger partial charge in [-0.15, -0.1) is 0 Å². The average Bonchev–Trinajstić information content (AvgIpc) is 2.47. The lowest BCUT2D eigenvalue weighted by Gasteiger charge is -2.12. The van der Waals surface area contributed by atoms with E-state index in [-0.39, 0.29) is 6.61 Å². The molecule has 0 spiro atoms. The van der Waals surface area contributed by atoms with Crippen LogP contribution < -0.4 is 4.74 Å². The van der Waals surface area contributed by atoms with Crippen LogP contribution in [0.1, 0.15) is 16.7 Å². The molecular formula is C15H9Br3FNO. The Morgan fingerprint density at radius 2 is 1.81 bits per heavy atom. The van der Waals surface area contributed by atoms with Crippen molar-refractivity contribution >= 4 is 47.8 Å². The Balaban J connectivity index is 2.19. The summed E-state index contributed by atoms with van der Waals surface area (Å²) in [4.78, 5) is 0. The zero-order valence-corrected chi connectivity index (χ0v) is 15.4. The predicted octanol–water partition coefficient (Wildman–Crippen LogP) is 5.70. The Morgan fingerprint density at radius 3 is 2.33 bits per heavy atom. The summed E-state index contributed by atoms with van der Waals surface area (Å²) in [5.74, 6) is 0.168. The highest BCUT2D eigenvalue weighted by molar-refractivity contribution is 9.11. The zero-order valence-electron chi connectivity index (χ0n) is 10.7. The molecule has 0 unspecified atom stereocenters. The van der Waals surface area contributed by atoms with Gasteiger partial charge in [0.15, 0.2) is 0 Å². The Labute approximate surface area is 147 Å². The van der Waals surface area contributed by atoms with Crippen molar-refractivity contribution in [2.45, 2.75) is 11.9 Å². The van der Waals surface area contributed by atoms with E-state index in [0.29, 0.717) is 16.9 Å². The van der Waals surface area contributed by atoms with Crippen LogP contribution in [0.4, 0.5) is 4.39 Å². The molecule has 0 aromatic heterocycles. The molecule has 21 heavy (non-hydrogen) atoms. The number of alkyl halides is 1.